The van der Waals surface area contributed by atoms with Crippen molar-refractivity contribution in [3.8, 4) is 0 Å². The first-order chi connectivity index (χ1) is 7.95. The van der Waals surface area contributed by atoms with E-state index in [1.54, 1.807) is 0 Å². The minimum atomic E-state index is -1.14. The van der Waals surface area contributed by atoms with Crippen LogP contribution in [-0.2, 0) is 0 Å². The normalized spacial score (nSPS) is 8.82. The molecule has 92 valence electrons. The van der Waals surface area contributed by atoms with Crippen LogP contribution in [0.15, 0.2) is 18.2 Å². The lowest BCUT2D eigenvalue weighted by Gasteiger charge is -1.95. The molecule has 0 fully saturated rings. The second-order valence-electron chi connectivity index (χ2n) is 2.42. The van der Waals surface area contributed by atoms with E-state index in [4.69, 9.17) is 0 Å². The van der Waals surface area contributed by atoms with Crippen LogP contribution in [0.4, 0.5) is 17.1 Å². The third-order valence-corrected chi connectivity index (χ3v) is 1.57. The molecule has 1 rings (SSSR count). The van der Waals surface area contributed by atoms with Crippen LogP contribution < -0.4 is 11.7 Å². The standard InChI is InChI=1S/C6H3N3O6.H4N2/c10-7(11)4-2-1-3-5(8(12)13)6(4)9(14)15;1-2/h1-3H;1-2H2. The number of nitro groups is 3. The molecule has 0 unspecified atom stereocenters. The highest BCUT2D eigenvalue weighted by Crippen LogP contribution is 2.35. The summed E-state index contributed by atoms with van der Waals surface area (Å²) in [7, 11) is 0. The van der Waals surface area contributed by atoms with Crippen LogP contribution in [0, 0.1) is 30.3 Å². The van der Waals surface area contributed by atoms with Gasteiger partial charge in [0.2, 0.25) is 0 Å². The van der Waals surface area contributed by atoms with Gasteiger partial charge >= 0.3 is 17.1 Å². The van der Waals surface area contributed by atoms with E-state index in [-0.39, 0.29) is 0 Å². The summed E-state index contributed by atoms with van der Waals surface area (Å²) >= 11 is 0. The van der Waals surface area contributed by atoms with Gasteiger partial charge in [-0.05, 0) is 6.07 Å². The molecule has 11 nitrogen and oxygen atoms in total. The van der Waals surface area contributed by atoms with Crippen molar-refractivity contribution in [3.05, 3.63) is 48.5 Å². The number of para-hydroxylation sites is 1. The fraction of sp³-hybridized carbons (Fsp3) is 0. The summed E-state index contributed by atoms with van der Waals surface area (Å²) in [4.78, 5) is 28.0. The molecule has 0 amide bonds. The quantitative estimate of drug-likeness (QED) is 0.430. The minimum absolute atomic E-state index is 0.838. The number of nitrogens with two attached hydrogens (primary N) is 2. The van der Waals surface area contributed by atoms with E-state index < -0.39 is 31.8 Å². The molecule has 0 saturated carbocycles. The van der Waals surface area contributed by atoms with Gasteiger partial charge in [-0.25, -0.2) is 0 Å². The number of hydrogen-bond donors (Lipinski definition) is 2. The van der Waals surface area contributed by atoms with Gasteiger partial charge in [-0.15, -0.1) is 0 Å². The molecule has 0 aliphatic rings. The van der Waals surface area contributed by atoms with Crippen molar-refractivity contribution in [2.45, 2.75) is 0 Å². The van der Waals surface area contributed by atoms with E-state index in [1.807, 2.05) is 0 Å². The lowest BCUT2D eigenvalue weighted by atomic mass is 10.2. The fourth-order valence-electron chi connectivity index (χ4n) is 1.00. The Hall–Kier alpha value is -2.66. The Balaban J connectivity index is 0.00000121. The Morgan fingerprint density at radius 2 is 1.18 bits per heavy atom. The van der Waals surface area contributed by atoms with E-state index in [2.05, 4.69) is 11.7 Å². The lowest BCUT2D eigenvalue weighted by molar-refractivity contribution is -0.441. The highest BCUT2D eigenvalue weighted by atomic mass is 16.6. The second-order valence-corrected chi connectivity index (χ2v) is 2.42. The van der Waals surface area contributed by atoms with Gasteiger partial charge < -0.3 is 0 Å². The van der Waals surface area contributed by atoms with E-state index in [0.29, 0.717) is 0 Å². The van der Waals surface area contributed by atoms with E-state index in [1.165, 1.54) is 0 Å². The summed E-state index contributed by atoms with van der Waals surface area (Å²) in [5.41, 5.74) is -2.89. The van der Waals surface area contributed by atoms with Gasteiger partial charge in [-0.2, -0.15) is 0 Å². The summed E-state index contributed by atoms with van der Waals surface area (Å²) in [6.07, 6.45) is 0. The predicted molar refractivity (Wildman–Crippen MR) is 54.8 cm³/mol. The maximum Gasteiger partial charge on any atom is 0.422 e. The maximum atomic E-state index is 10.4. The Bertz CT molecular complexity index is 428. The van der Waals surface area contributed by atoms with Crippen LogP contribution in [0.2, 0.25) is 0 Å². The molecule has 4 N–H and O–H groups in total. The summed E-state index contributed by atoms with van der Waals surface area (Å²) < 4.78 is 0. The number of hydrazine groups is 1. The SMILES string of the molecule is NN.O=[N+]([O-])c1cccc([N+](=O)[O-])c1[N+](=O)[O-]. The van der Waals surface area contributed by atoms with Crippen molar-refractivity contribution in [1.29, 1.82) is 0 Å². The zero-order valence-electron chi connectivity index (χ0n) is 8.18. The van der Waals surface area contributed by atoms with Crippen molar-refractivity contribution >= 4 is 17.1 Å². The van der Waals surface area contributed by atoms with Gasteiger partial charge in [0.25, 0.3) is 0 Å². The molecule has 17 heavy (non-hydrogen) atoms. The molecule has 0 atom stereocenters. The molecule has 0 aliphatic heterocycles. The highest BCUT2D eigenvalue weighted by Gasteiger charge is 2.34. The Labute approximate surface area is 93.0 Å². The van der Waals surface area contributed by atoms with E-state index in [9.17, 15) is 30.3 Å². The smallest absolute Gasteiger partial charge is 0.274 e. The summed E-state index contributed by atoms with van der Waals surface area (Å²) in [5, 5.41) is 31.2. The van der Waals surface area contributed by atoms with Crippen molar-refractivity contribution < 1.29 is 14.8 Å². The van der Waals surface area contributed by atoms with Crippen LogP contribution >= 0.6 is 0 Å². The Kier molecular flexibility index (Phi) is 5.09. The maximum absolute atomic E-state index is 10.4. The molecule has 0 radical (unpaired) electrons. The molecular weight excluding hydrogens is 238 g/mol. The lowest BCUT2D eigenvalue weighted by Crippen LogP contribution is -2.02. The fourth-order valence-corrected chi connectivity index (χ4v) is 1.00. The zero-order chi connectivity index (χ0) is 13.6. The third kappa shape index (κ3) is 3.15. The van der Waals surface area contributed by atoms with Crippen molar-refractivity contribution in [3.63, 3.8) is 0 Å². The Morgan fingerprint density at radius 1 is 0.824 bits per heavy atom. The molecule has 0 bridgehead atoms. The van der Waals surface area contributed by atoms with Gasteiger partial charge in [0.1, 0.15) is 0 Å². The summed E-state index contributed by atoms with van der Waals surface area (Å²) in [6.45, 7) is 0. The molecule has 0 aromatic heterocycles. The largest absolute Gasteiger partial charge is 0.422 e. The van der Waals surface area contributed by atoms with Gasteiger partial charge in [-0.1, -0.05) is 0 Å². The van der Waals surface area contributed by atoms with Gasteiger partial charge in [0, 0.05) is 12.1 Å². The molecule has 0 saturated heterocycles. The monoisotopic (exact) mass is 245 g/mol. The zero-order valence-corrected chi connectivity index (χ0v) is 8.18. The number of benzene rings is 1. The van der Waals surface area contributed by atoms with Crippen molar-refractivity contribution in [1.82, 2.24) is 0 Å². The topological polar surface area (TPSA) is 181 Å². The van der Waals surface area contributed by atoms with Crippen molar-refractivity contribution in [2.24, 2.45) is 11.7 Å². The minimum Gasteiger partial charge on any atom is -0.274 e. The number of nitro benzene ring substituents is 3. The summed E-state index contributed by atoms with van der Waals surface area (Å²) in [5.74, 6) is 8.00. The van der Waals surface area contributed by atoms with Crippen LogP contribution in [0.25, 0.3) is 0 Å². The van der Waals surface area contributed by atoms with E-state index in [0.717, 1.165) is 18.2 Å². The van der Waals surface area contributed by atoms with Crippen LogP contribution in [0.1, 0.15) is 0 Å². The van der Waals surface area contributed by atoms with Gasteiger partial charge in [0.05, 0.1) is 14.8 Å². The average molecular weight is 245 g/mol. The summed E-state index contributed by atoms with van der Waals surface area (Å²) in [6, 6.07) is 2.69. The van der Waals surface area contributed by atoms with Crippen molar-refractivity contribution in [2.75, 3.05) is 0 Å². The second kappa shape index (κ2) is 6.04. The molecular formula is C6H7N5O6. The molecule has 0 aliphatic carbocycles. The molecule has 1 aromatic carbocycles. The number of rotatable bonds is 3. The van der Waals surface area contributed by atoms with Crippen LogP contribution in [0.5, 0.6) is 0 Å². The van der Waals surface area contributed by atoms with Gasteiger partial charge in [-0.3, -0.25) is 42.0 Å². The first-order valence-electron chi connectivity index (χ1n) is 3.84. The first-order valence-corrected chi connectivity index (χ1v) is 3.84. The van der Waals surface area contributed by atoms with Crippen LogP contribution in [0.3, 0.4) is 0 Å². The van der Waals surface area contributed by atoms with Crippen LogP contribution in [-0.4, -0.2) is 14.8 Å². The third-order valence-electron chi connectivity index (χ3n) is 1.57. The number of hydrogen-bond acceptors (Lipinski definition) is 8. The van der Waals surface area contributed by atoms with E-state index >= 15 is 0 Å². The average Bonchev–Trinajstić information content (AvgIpc) is 2.30. The predicted octanol–water partition coefficient (Wildman–Crippen LogP) is 0.230. The Morgan fingerprint density at radius 3 is 1.41 bits per heavy atom. The molecule has 11 heteroatoms. The number of nitrogens with zero attached hydrogens (tertiary/aromatic N) is 3. The highest BCUT2D eigenvalue weighted by molar-refractivity contribution is 5.65. The first kappa shape index (κ1) is 14.3. The molecule has 1 aromatic rings. The molecule has 0 heterocycles. The molecule has 0 spiro atoms. The van der Waals surface area contributed by atoms with Gasteiger partial charge in [0.15, 0.2) is 0 Å².